The second kappa shape index (κ2) is 11.5. The molecular weight excluding hydrogens is 572 g/mol. The zero-order chi connectivity index (χ0) is 31.1. The molecule has 0 aliphatic heterocycles. The van der Waals surface area contributed by atoms with E-state index in [1.807, 2.05) is 33.8 Å². The van der Waals surface area contributed by atoms with Gasteiger partial charge in [0, 0.05) is 13.1 Å². The molecule has 4 aromatic rings. The van der Waals surface area contributed by atoms with Crippen molar-refractivity contribution in [1.82, 2.24) is 25.2 Å². The number of rotatable bonds is 6. The zero-order valence-electron chi connectivity index (χ0n) is 24.4. The van der Waals surface area contributed by atoms with Gasteiger partial charge in [0.05, 0.1) is 28.5 Å². The zero-order valence-corrected chi connectivity index (χ0v) is 25.1. The van der Waals surface area contributed by atoms with Crippen LogP contribution in [0.3, 0.4) is 0 Å². The van der Waals surface area contributed by atoms with Crippen LogP contribution in [0.1, 0.15) is 91.6 Å². The molecule has 0 unspecified atom stereocenters. The highest BCUT2D eigenvalue weighted by Gasteiger charge is 2.30. The molecule has 3 N–H and O–H groups in total. The average Bonchev–Trinajstić information content (AvgIpc) is 3.57. The van der Waals surface area contributed by atoms with Crippen LogP contribution in [0.15, 0.2) is 48.7 Å². The Bertz CT molecular complexity index is 1790. The van der Waals surface area contributed by atoms with Crippen molar-refractivity contribution in [2.45, 2.75) is 52.2 Å². The topological polar surface area (TPSA) is 144 Å². The lowest BCUT2D eigenvalue weighted by Gasteiger charge is -2.21. The van der Waals surface area contributed by atoms with Crippen molar-refractivity contribution in [2.75, 3.05) is 12.4 Å². The molecule has 3 amide bonds. The number of hydrogen-bond acceptors (Lipinski definition) is 7. The Kier molecular flexibility index (Phi) is 7.94. The van der Waals surface area contributed by atoms with Gasteiger partial charge >= 0.3 is 5.97 Å². The van der Waals surface area contributed by atoms with Gasteiger partial charge in [0.25, 0.3) is 17.7 Å². The van der Waals surface area contributed by atoms with Crippen LogP contribution < -0.4 is 16.0 Å². The quantitative estimate of drug-likeness (QED) is 0.272. The van der Waals surface area contributed by atoms with Crippen LogP contribution in [0.2, 0.25) is 5.02 Å². The molecule has 0 bridgehead atoms. The molecule has 0 spiro atoms. The lowest BCUT2D eigenvalue weighted by atomic mass is 9.97. The van der Waals surface area contributed by atoms with Gasteiger partial charge in [-0.3, -0.25) is 14.4 Å². The minimum Gasteiger partial charge on any atom is -0.456 e. The van der Waals surface area contributed by atoms with Crippen LogP contribution in [0.5, 0.6) is 0 Å². The highest BCUT2D eigenvalue weighted by molar-refractivity contribution is 6.34. The van der Waals surface area contributed by atoms with Crippen molar-refractivity contribution in [2.24, 2.45) is 0 Å². The van der Waals surface area contributed by atoms with E-state index in [0.29, 0.717) is 29.1 Å². The first-order valence-corrected chi connectivity index (χ1v) is 14.1. The maximum absolute atomic E-state index is 13.7. The maximum Gasteiger partial charge on any atom is 0.338 e. The first-order chi connectivity index (χ1) is 20.4. The molecular formula is C31H31ClN6O5. The largest absolute Gasteiger partial charge is 0.456 e. The third kappa shape index (κ3) is 5.94. The summed E-state index contributed by atoms with van der Waals surface area (Å²) < 4.78 is 6.79. The van der Waals surface area contributed by atoms with E-state index in [1.165, 1.54) is 23.8 Å². The molecule has 5 rings (SSSR count). The average molecular weight is 603 g/mol. The molecule has 1 aliphatic rings. The summed E-state index contributed by atoms with van der Waals surface area (Å²) in [4.78, 5) is 56.6. The Balaban J connectivity index is 1.46. The molecule has 222 valence electrons. The van der Waals surface area contributed by atoms with Gasteiger partial charge in [-0.15, -0.1) is 0 Å². The maximum atomic E-state index is 13.7. The fourth-order valence-electron chi connectivity index (χ4n) is 5.10. The van der Waals surface area contributed by atoms with Crippen molar-refractivity contribution in [3.05, 3.63) is 92.9 Å². The number of halogens is 1. The number of carbonyl (C=O) groups excluding carboxylic acids is 4. The number of hydrogen-bond donors (Lipinski definition) is 3. The molecule has 0 saturated carbocycles. The number of amides is 3. The number of anilines is 1. The summed E-state index contributed by atoms with van der Waals surface area (Å²) in [6.07, 6.45) is 2.55. The Hall–Kier alpha value is -4.77. The molecule has 1 aliphatic carbocycles. The highest BCUT2D eigenvalue weighted by atomic mass is 35.5. The Morgan fingerprint density at radius 2 is 1.77 bits per heavy atom. The molecule has 0 saturated heterocycles. The molecule has 2 heterocycles. The summed E-state index contributed by atoms with van der Waals surface area (Å²) in [5, 5.41) is 12.9. The van der Waals surface area contributed by atoms with Crippen molar-refractivity contribution in [3.8, 4) is 0 Å². The fraction of sp³-hybridized carbons (Fsp3) is 0.290. The Labute approximate surface area is 253 Å². The van der Waals surface area contributed by atoms with E-state index in [0.717, 1.165) is 16.7 Å². The van der Waals surface area contributed by atoms with E-state index in [-0.39, 0.29) is 28.6 Å². The van der Waals surface area contributed by atoms with Crippen molar-refractivity contribution >= 4 is 46.6 Å². The standard InChI is InChI=1S/C31H31ClN6O5/c1-16-17-12-13-22(19(17)11-10-18(16)30(42)43-31(2,3)4)36-29(41)25-14-24(28(40)33-5)35-26-20(15-34-38(25)26)27(39)37-23-9-7-6-8-21(23)32/h6-11,14-15,22H,12-13H2,1-5H3,(H,33,40)(H,36,41)(H,37,39)/t22-/m0/s1. The number of ether oxygens (including phenoxy) is 1. The van der Waals surface area contributed by atoms with Crippen LogP contribution in [-0.2, 0) is 11.2 Å². The molecule has 0 radical (unpaired) electrons. The molecule has 0 fully saturated rings. The summed E-state index contributed by atoms with van der Waals surface area (Å²) in [5.74, 6) is -2.00. The SMILES string of the molecule is CNC(=O)c1cc(C(=O)N[C@H]2CCc3c2ccc(C(=O)OC(C)(C)C)c3C)n2ncc(C(=O)Nc3ccccc3Cl)c2n1. The van der Waals surface area contributed by atoms with E-state index in [1.54, 1.807) is 30.3 Å². The van der Waals surface area contributed by atoms with Gasteiger partial charge in [-0.1, -0.05) is 29.8 Å². The summed E-state index contributed by atoms with van der Waals surface area (Å²) in [5.41, 5.74) is 3.00. The number of benzene rings is 2. The number of fused-ring (bicyclic) bond motifs is 2. The first kappa shape index (κ1) is 29.7. The Morgan fingerprint density at radius 3 is 2.47 bits per heavy atom. The van der Waals surface area contributed by atoms with Gasteiger partial charge in [0.15, 0.2) is 5.65 Å². The third-order valence-electron chi connectivity index (χ3n) is 7.15. The third-order valence-corrected chi connectivity index (χ3v) is 7.48. The van der Waals surface area contributed by atoms with Gasteiger partial charge in [-0.05, 0) is 75.4 Å². The number of carbonyl (C=O) groups is 4. The predicted octanol–water partition coefficient (Wildman–Crippen LogP) is 4.68. The van der Waals surface area contributed by atoms with E-state index < -0.39 is 29.3 Å². The van der Waals surface area contributed by atoms with Crippen LogP contribution >= 0.6 is 11.6 Å². The molecule has 11 nitrogen and oxygen atoms in total. The minimum absolute atomic E-state index is 0.0240. The van der Waals surface area contributed by atoms with Crippen LogP contribution in [0.4, 0.5) is 5.69 Å². The van der Waals surface area contributed by atoms with E-state index in [4.69, 9.17) is 16.3 Å². The van der Waals surface area contributed by atoms with Gasteiger partial charge in [-0.2, -0.15) is 5.10 Å². The normalized spacial score (nSPS) is 14.2. The summed E-state index contributed by atoms with van der Waals surface area (Å²) in [7, 11) is 1.44. The molecule has 12 heteroatoms. The molecule has 2 aromatic carbocycles. The van der Waals surface area contributed by atoms with Crippen LogP contribution in [-0.4, -0.2) is 50.9 Å². The van der Waals surface area contributed by atoms with E-state index >= 15 is 0 Å². The molecule has 43 heavy (non-hydrogen) atoms. The first-order valence-electron chi connectivity index (χ1n) is 13.7. The van der Waals surface area contributed by atoms with E-state index in [9.17, 15) is 19.2 Å². The summed E-state index contributed by atoms with van der Waals surface area (Å²) in [6, 6.07) is 11.3. The summed E-state index contributed by atoms with van der Waals surface area (Å²) >= 11 is 6.20. The van der Waals surface area contributed by atoms with E-state index in [2.05, 4.69) is 26.0 Å². The van der Waals surface area contributed by atoms with Gasteiger partial charge in [0.1, 0.15) is 22.6 Å². The second-order valence-electron chi connectivity index (χ2n) is 11.2. The predicted molar refractivity (Wildman–Crippen MR) is 161 cm³/mol. The lowest BCUT2D eigenvalue weighted by Crippen LogP contribution is -2.30. The van der Waals surface area contributed by atoms with Crippen LogP contribution in [0.25, 0.3) is 5.65 Å². The second-order valence-corrected chi connectivity index (χ2v) is 11.6. The number of para-hydroxylation sites is 1. The molecule has 1 atom stereocenters. The molecule has 2 aromatic heterocycles. The van der Waals surface area contributed by atoms with Gasteiger partial charge in [0.2, 0.25) is 0 Å². The highest BCUT2D eigenvalue weighted by Crippen LogP contribution is 2.35. The minimum atomic E-state index is -0.621. The smallest absolute Gasteiger partial charge is 0.338 e. The van der Waals surface area contributed by atoms with Gasteiger partial charge < -0.3 is 20.7 Å². The number of nitrogens with zero attached hydrogens (tertiary/aromatic N) is 3. The monoisotopic (exact) mass is 602 g/mol. The Morgan fingerprint density at radius 1 is 1.02 bits per heavy atom. The van der Waals surface area contributed by atoms with Crippen LogP contribution in [0, 0.1) is 6.92 Å². The lowest BCUT2D eigenvalue weighted by molar-refractivity contribution is 0.00682. The number of nitrogens with one attached hydrogen (secondary N) is 3. The van der Waals surface area contributed by atoms with Crippen molar-refractivity contribution in [1.29, 1.82) is 0 Å². The number of aromatic nitrogens is 3. The fourth-order valence-corrected chi connectivity index (χ4v) is 5.28. The van der Waals surface area contributed by atoms with Gasteiger partial charge in [-0.25, -0.2) is 14.3 Å². The van der Waals surface area contributed by atoms with Crippen molar-refractivity contribution < 1.29 is 23.9 Å². The number of esters is 1. The van der Waals surface area contributed by atoms with Crippen molar-refractivity contribution in [3.63, 3.8) is 0 Å². The summed E-state index contributed by atoms with van der Waals surface area (Å²) in [6.45, 7) is 7.33.